The summed E-state index contributed by atoms with van der Waals surface area (Å²) in [4.78, 5) is 0. The number of rotatable bonds is 3. The van der Waals surface area contributed by atoms with Gasteiger partial charge in [0, 0.05) is 23.7 Å². The van der Waals surface area contributed by atoms with Crippen LogP contribution in [0.5, 0.6) is 0 Å². The van der Waals surface area contributed by atoms with Crippen molar-refractivity contribution in [1.29, 1.82) is 0 Å². The average Bonchev–Trinajstić information content (AvgIpc) is 2.90. The van der Waals surface area contributed by atoms with Gasteiger partial charge in [-0.1, -0.05) is 13.8 Å². The van der Waals surface area contributed by atoms with E-state index < -0.39 is 0 Å². The minimum absolute atomic E-state index is 0.164. The molecule has 3 fully saturated rings. The second-order valence-electron chi connectivity index (χ2n) is 10.3. The average molecular weight is 365 g/mol. The predicted molar refractivity (Wildman–Crippen MR) is 102 cm³/mol. The van der Waals surface area contributed by atoms with Gasteiger partial charge in [-0.15, -0.1) is 0 Å². The van der Waals surface area contributed by atoms with E-state index in [1.807, 2.05) is 0 Å². The van der Waals surface area contributed by atoms with Crippen molar-refractivity contribution in [2.45, 2.75) is 84.0 Å². The SMILES string of the molecule is CC[N+]1(CCO)C=C2C[C@@H](O)CC[C@]2(C)C2CC[C@]3(C)C[C@H](O)CC3C21. The molecule has 0 amide bonds. The number of hydrogen-bond donors (Lipinski definition) is 3. The molecule has 148 valence electrons. The molecule has 0 aromatic heterocycles. The standard InChI is InChI=1S/C22H38NO3/c1-4-23(9-10-24)14-15-11-16(25)5-8-22(15,3)18-6-7-21(2)13-17(26)12-19(21)20(18)23/h14,16-20,24-26H,4-13H2,1-3H3/q+1/t16-,17+,18?,19?,20?,21+,22-,23?/m0/s1. The molecular weight excluding hydrogens is 326 g/mol. The van der Waals surface area contributed by atoms with Crippen LogP contribution in [0, 0.1) is 22.7 Å². The molecule has 8 atom stereocenters. The second kappa shape index (κ2) is 6.30. The summed E-state index contributed by atoms with van der Waals surface area (Å²) in [5.41, 5.74) is 1.87. The summed E-state index contributed by atoms with van der Waals surface area (Å²) in [5.74, 6) is 1.13. The fraction of sp³-hybridized carbons (Fsp3) is 0.909. The molecule has 4 nitrogen and oxygen atoms in total. The second-order valence-corrected chi connectivity index (χ2v) is 10.3. The van der Waals surface area contributed by atoms with Crippen molar-refractivity contribution in [3.8, 4) is 0 Å². The molecule has 3 N–H and O–H groups in total. The number of aliphatic hydroxyl groups excluding tert-OH is 3. The molecule has 0 spiro atoms. The Bertz CT molecular complexity index is 592. The Morgan fingerprint density at radius 3 is 2.58 bits per heavy atom. The van der Waals surface area contributed by atoms with Gasteiger partial charge in [-0.3, -0.25) is 4.48 Å². The van der Waals surface area contributed by atoms with Gasteiger partial charge in [-0.2, -0.15) is 0 Å². The highest BCUT2D eigenvalue weighted by molar-refractivity contribution is 5.23. The molecule has 4 heteroatoms. The van der Waals surface area contributed by atoms with Crippen molar-refractivity contribution >= 4 is 0 Å². The molecule has 4 rings (SSSR count). The van der Waals surface area contributed by atoms with Crippen LogP contribution in [-0.4, -0.2) is 57.7 Å². The van der Waals surface area contributed by atoms with Gasteiger partial charge in [0.05, 0.1) is 31.6 Å². The maximum Gasteiger partial charge on any atom is 0.107 e. The number of quaternary nitrogens is 1. The van der Waals surface area contributed by atoms with E-state index in [1.165, 1.54) is 18.4 Å². The van der Waals surface area contributed by atoms with Crippen LogP contribution in [0.3, 0.4) is 0 Å². The van der Waals surface area contributed by atoms with Crippen LogP contribution < -0.4 is 0 Å². The molecule has 0 saturated heterocycles. The summed E-state index contributed by atoms with van der Waals surface area (Å²) in [6.45, 7) is 9.05. The van der Waals surface area contributed by atoms with Crippen molar-refractivity contribution in [1.82, 2.24) is 0 Å². The molecule has 4 aliphatic rings. The van der Waals surface area contributed by atoms with Crippen LogP contribution in [0.1, 0.15) is 65.7 Å². The highest BCUT2D eigenvalue weighted by Gasteiger charge is 2.64. The molecule has 4 unspecified atom stereocenters. The first-order valence-corrected chi connectivity index (χ1v) is 10.8. The van der Waals surface area contributed by atoms with Crippen LogP contribution in [-0.2, 0) is 0 Å². The number of hydrogen-bond acceptors (Lipinski definition) is 3. The van der Waals surface area contributed by atoms with Crippen molar-refractivity contribution in [2.75, 3.05) is 19.7 Å². The van der Waals surface area contributed by atoms with Gasteiger partial charge in [0.15, 0.2) is 0 Å². The molecule has 0 aromatic carbocycles. The molecular formula is C22H38NO3+. The van der Waals surface area contributed by atoms with Crippen molar-refractivity contribution in [2.24, 2.45) is 22.7 Å². The van der Waals surface area contributed by atoms with Gasteiger partial charge in [0.1, 0.15) is 12.6 Å². The van der Waals surface area contributed by atoms with Crippen molar-refractivity contribution in [3.63, 3.8) is 0 Å². The van der Waals surface area contributed by atoms with E-state index in [-0.39, 0.29) is 29.6 Å². The molecule has 3 aliphatic carbocycles. The van der Waals surface area contributed by atoms with Crippen LogP contribution >= 0.6 is 0 Å². The quantitative estimate of drug-likeness (QED) is 0.675. The van der Waals surface area contributed by atoms with Gasteiger partial charge in [0.25, 0.3) is 0 Å². The van der Waals surface area contributed by atoms with Gasteiger partial charge in [-0.25, -0.2) is 0 Å². The predicted octanol–water partition coefficient (Wildman–Crippen LogP) is 2.82. The molecule has 1 aliphatic heterocycles. The summed E-state index contributed by atoms with van der Waals surface area (Å²) < 4.78 is 0.853. The Hall–Kier alpha value is -0.420. The molecule has 0 radical (unpaired) electrons. The van der Waals surface area contributed by atoms with Gasteiger partial charge in [-0.05, 0) is 56.4 Å². The van der Waals surface area contributed by atoms with Crippen molar-refractivity contribution in [3.05, 3.63) is 11.8 Å². The first-order valence-electron chi connectivity index (χ1n) is 10.8. The number of likely N-dealkylation sites (N-methyl/N-ethyl adjacent to an activating group) is 1. The van der Waals surface area contributed by atoms with Crippen LogP contribution in [0.2, 0.25) is 0 Å². The Balaban J connectivity index is 1.84. The highest BCUT2D eigenvalue weighted by atomic mass is 16.3. The van der Waals surface area contributed by atoms with E-state index in [0.717, 1.165) is 49.7 Å². The van der Waals surface area contributed by atoms with E-state index in [1.54, 1.807) is 0 Å². The zero-order chi connectivity index (χ0) is 18.7. The third-order valence-electron chi connectivity index (χ3n) is 9.09. The van der Waals surface area contributed by atoms with E-state index in [4.69, 9.17) is 0 Å². The normalized spacial score (nSPS) is 53.5. The lowest BCUT2D eigenvalue weighted by molar-refractivity contribution is -0.918. The maximum atomic E-state index is 10.5. The Morgan fingerprint density at radius 1 is 1.12 bits per heavy atom. The zero-order valence-electron chi connectivity index (χ0n) is 16.8. The fourth-order valence-corrected chi connectivity index (χ4v) is 7.63. The summed E-state index contributed by atoms with van der Waals surface area (Å²) in [7, 11) is 0. The zero-order valence-corrected chi connectivity index (χ0v) is 16.8. The largest absolute Gasteiger partial charge is 0.393 e. The minimum atomic E-state index is -0.207. The van der Waals surface area contributed by atoms with Crippen LogP contribution in [0.4, 0.5) is 0 Å². The number of nitrogens with zero attached hydrogens (tertiary/aromatic N) is 1. The smallest absolute Gasteiger partial charge is 0.107 e. The summed E-state index contributed by atoms with van der Waals surface area (Å²) in [6, 6.07) is 0.493. The molecule has 26 heavy (non-hydrogen) atoms. The molecule has 0 aromatic rings. The summed E-state index contributed by atoms with van der Waals surface area (Å²) >= 11 is 0. The van der Waals surface area contributed by atoms with Crippen molar-refractivity contribution < 1.29 is 19.8 Å². The first-order chi connectivity index (χ1) is 12.3. The minimum Gasteiger partial charge on any atom is -0.393 e. The molecule has 0 bridgehead atoms. The Morgan fingerprint density at radius 2 is 1.88 bits per heavy atom. The lowest BCUT2D eigenvalue weighted by atomic mass is 9.51. The Kier molecular flexibility index (Phi) is 4.58. The summed E-state index contributed by atoms with van der Waals surface area (Å²) in [6.07, 6.45) is 9.17. The van der Waals surface area contributed by atoms with E-state index >= 15 is 0 Å². The molecule has 3 saturated carbocycles. The van der Waals surface area contributed by atoms with Crippen LogP contribution in [0.25, 0.3) is 0 Å². The lowest BCUT2D eigenvalue weighted by Gasteiger charge is -2.62. The van der Waals surface area contributed by atoms with Gasteiger partial charge < -0.3 is 15.3 Å². The first kappa shape index (κ1) is 18.9. The summed E-state index contributed by atoms with van der Waals surface area (Å²) in [5, 5.41) is 30.8. The Labute approximate surface area is 158 Å². The lowest BCUT2D eigenvalue weighted by Crippen LogP contribution is -2.68. The van der Waals surface area contributed by atoms with E-state index in [9.17, 15) is 15.3 Å². The van der Waals surface area contributed by atoms with Crippen LogP contribution in [0.15, 0.2) is 11.8 Å². The van der Waals surface area contributed by atoms with Gasteiger partial charge in [0.2, 0.25) is 0 Å². The number of aliphatic hydroxyl groups is 3. The van der Waals surface area contributed by atoms with E-state index in [2.05, 4.69) is 27.0 Å². The van der Waals surface area contributed by atoms with E-state index in [0.29, 0.717) is 17.9 Å². The third-order valence-corrected chi connectivity index (χ3v) is 9.09. The maximum absolute atomic E-state index is 10.5. The third kappa shape index (κ3) is 2.56. The monoisotopic (exact) mass is 364 g/mol. The number of fused-ring (bicyclic) bond motifs is 5. The topological polar surface area (TPSA) is 60.7 Å². The highest BCUT2D eigenvalue weighted by Crippen LogP contribution is 2.64. The van der Waals surface area contributed by atoms with Gasteiger partial charge >= 0.3 is 0 Å². The fourth-order valence-electron chi connectivity index (χ4n) is 7.63. The molecule has 1 heterocycles.